The van der Waals surface area contributed by atoms with Crippen LogP contribution < -0.4 is 5.32 Å². The molecule has 1 unspecified atom stereocenters. The molecule has 0 radical (unpaired) electrons. The van der Waals surface area contributed by atoms with Gasteiger partial charge in [-0.1, -0.05) is 96.8 Å². The van der Waals surface area contributed by atoms with Gasteiger partial charge in [0.05, 0.1) is 13.0 Å². The van der Waals surface area contributed by atoms with E-state index in [9.17, 15) is 9.90 Å². The summed E-state index contributed by atoms with van der Waals surface area (Å²) in [6.45, 7) is 3.55. The highest BCUT2D eigenvalue weighted by atomic mass is 16.4. The van der Waals surface area contributed by atoms with Crippen molar-refractivity contribution in [3.05, 3.63) is 0 Å². The molecule has 0 saturated carbocycles. The second-order valence-electron chi connectivity index (χ2n) is 8.70. The average molecular weight is 412 g/mol. The molecule has 0 aromatic carbocycles. The number of nitrogens with zero attached hydrogens (tertiary/aromatic N) is 1. The summed E-state index contributed by atoms with van der Waals surface area (Å²) in [7, 11) is 0. The molecule has 0 aromatic rings. The summed E-state index contributed by atoms with van der Waals surface area (Å²) >= 11 is 0. The second-order valence-corrected chi connectivity index (χ2v) is 8.70. The highest BCUT2D eigenvalue weighted by Crippen LogP contribution is 2.14. The lowest BCUT2D eigenvalue weighted by Gasteiger charge is -2.09. The molecule has 1 heterocycles. The topological polar surface area (TPSA) is 72.6 Å². The van der Waals surface area contributed by atoms with Gasteiger partial charge >= 0.3 is 5.97 Å². The molecular formula is C24H47N2O3+. The smallest absolute Gasteiger partial charge is 0.307 e. The molecule has 1 aliphatic rings. The molecule has 1 atom stereocenters. The number of carboxylic acid groups (broad SMARTS) is 1. The van der Waals surface area contributed by atoms with Crippen molar-refractivity contribution in [3.8, 4) is 0 Å². The van der Waals surface area contributed by atoms with Gasteiger partial charge in [0.1, 0.15) is 19.1 Å². The van der Waals surface area contributed by atoms with Crippen molar-refractivity contribution >= 4 is 11.8 Å². The van der Waals surface area contributed by atoms with E-state index in [1.54, 1.807) is 0 Å². The second kappa shape index (κ2) is 17.7. The van der Waals surface area contributed by atoms with Crippen LogP contribution in [-0.2, 0) is 4.79 Å². The summed E-state index contributed by atoms with van der Waals surface area (Å²) < 4.78 is 2.07. The summed E-state index contributed by atoms with van der Waals surface area (Å²) in [5.74, 6) is 0.355. The van der Waals surface area contributed by atoms with E-state index in [4.69, 9.17) is 5.11 Å². The van der Waals surface area contributed by atoms with Crippen LogP contribution in [0.25, 0.3) is 0 Å². The van der Waals surface area contributed by atoms with Gasteiger partial charge in [0.25, 0.3) is 0 Å². The molecule has 5 heteroatoms. The molecule has 0 saturated heterocycles. The van der Waals surface area contributed by atoms with Gasteiger partial charge in [-0.2, -0.15) is 0 Å². The Morgan fingerprint density at radius 3 is 1.83 bits per heavy atom. The zero-order valence-corrected chi connectivity index (χ0v) is 19.0. The fourth-order valence-electron chi connectivity index (χ4n) is 4.37. The van der Waals surface area contributed by atoms with Gasteiger partial charge < -0.3 is 10.2 Å². The van der Waals surface area contributed by atoms with Crippen LogP contribution in [-0.4, -0.2) is 52.3 Å². The molecule has 170 valence electrons. The summed E-state index contributed by atoms with van der Waals surface area (Å²) in [5.41, 5.74) is 0. The van der Waals surface area contributed by atoms with Crippen molar-refractivity contribution in [1.82, 2.24) is 5.32 Å². The number of aliphatic hydroxyl groups is 1. The van der Waals surface area contributed by atoms with Crippen molar-refractivity contribution in [2.24, 2.45) is 0 Å². The average Bonchev–Trinajstić information content (AvgIpc) is 3.06. The maximum Gasteiger partial charge on any atom is 0.307 e. The van der Waals surface area contributed by atoms with Gasteiger partial charge in [-0.25, -0.2) is 0 Å². The van der Waals surface area contributed by atoms with Gasteiger partial charge in [-0.05, 0) is 6.42 Å². The number of β-amino-alcohol motifs (C(OH)–C–C–N with tert-alkyl or cyclic N) is 1. The van der Waals surface area contributed by atoms with Crippen LogP contribution >= 0.6 is 0 Å². The van der Waals surface area contributed by atoms with Crippen molar-refractivity contribution in [1.29, 1.82) is 0 Å². The Morgan fingerprint density at radius 2 is 1.38 bits per heavy atom. The molecule has 5 nitrogen and oxygen atoms in total. The lowest BCUT2D eigenvalue weighted by molar-refractivity contribution is -0.557. The third-order valence-corrected chi connectivity index (χ3v) is 6.10. The van der Waals surface area contributed by atoms with Gasteiger partial charge in [-0.3, -0.25) is 14.7 Å². The summed E-state index contributed by atoms with van der Waals surface area (Å²) in [6.07, 6.45) is 21.5. The number of nitrogens with one attached hydrogen (secondary N) is 1. The largest absolute Gasteiger partial charge is 0.481 e. The fraction of sp³-hybridized carbons (Fsp3) is 0.917. The van der Waals surface area contributed by atoms with Crippen molar-refractivity contribution in [3.63, 3.8) is 0 Å². The van der Waals surface area contributed by atoms with E-state index in [0.29, 0.717) is 13.1 Å². The van der Waals surface area contributed by atoms with Gasteiger partial charge in [-0.15, -0.1) is 0 Å². The molecule has 1 rings (SSSR count). The molecule has 0 amide bonds. The third-order valence-electron chi connectivity index (χ3n) is 6.10. The van der Waals surface area contributed by atoms with Gasteiger partial charge in [0.15, 0.2) is 0 Å². The van der Waals surface area contributed by atoms with Gasteiger partial charge in [0, 0.05) is 6.42 Å². The van der Waals surface area contributed by atoms with E-state index in [-0.39, 0.29) is 19.1 Å². The number of aliphatic carboxylic acids is 1. The van der Waals surface area contributed by atoms with Crippen LogP contribution in [0.4, 0.5) is 0 Å². The summed E-state index contributed by atoms with van der Waals surface area (Å²) in [5, 5.41) is 21.7. The molecule has 0 spiro atoms. The Morgan fingerprint density at radius 1 is 0.897 bits per heavy atom. The molecule has 0 aromatic heterocycles. The zero-order valence-electron chi connectivity index (χ0n) is 19.0. The van der Waals surface area contributed by atoms with Crippen LogP contribution in [0.3, 0.4) is 0 Å². The molecule has 29 heavy (non-hydrogen) atoms. The maximum atomic E-state index is 11.0. The minimum absolute atomic E-state index is 0.0222. The van der Waals surface area contributed by atoms with Crippen LogP contribution in [0.5, 0.6) is 0 Å². The van der Waals surface area contributed by atoms with Crippen LogP contribution in [0.15, 0.2) is 0 Å². The molecule has 0 fully saturated rings. The molecule has 3 N–H and O–H groups in total. The minimum atomic E-state index is -0.770. The van der Waals surface area contributed by atoms with Crippen LogP contribution in [0.2, 0.25) is 0 Å². The standard InChI is InChI=1S/C24H46N2O3/c1-2-3-4-5-6-7-8-9-10-11-12-13-14-15-16-17-23-25-21-22(20-24(28)29)26(23)18-19-27/h22,27H,2-21H2,1H3,(H,28,29)/p+1. The van der Waals surface area contributed by atoms with Crippen molar-refractivity contribution < 1.29 is 19.6 Å². The predicted molar refractivity (Wildman–Crippen MR) is 121 cm³/mol. The van der Waals surface area contributed by atoms with E-state index in [2.05, 4.69) is 16.8 Å². The lowest BCUT2D eigenvalue weighted by Crippen LogP contribution is -2.31. The minimum Gasteiger partial charge on any atom is -0.481 e. The highest BCUT2D eigenvalue weighted by Gasteiger charge is 2.32. The van der Waals surface area contributed by atoms with Crippen LogP contribution in [0.1, 0.15) is 116 Å². The summed E-state index contributed by atoms with van der Waals surface area (Å²) in [4.78, 5) is 11.0. The first-order chi connectivity index (χ1) is 14.2. The Kier molecular flexibility index (Phi) is 15.9. The number of hydrogen-bond acceptors (Lipinski definition) is 3. The number of unbranched alkanes of at least 4 members (excludes halogenated alkanes) is 14. The molecular weight excluding hydrogens is 364 g/mol. The number of carboxylic acids is 1. The first-order valence-corrected chi connectivity index (χ1v) is 12.4. The number of amidine groups is 1. The predicted octanol–water partition coefficient (Wildman–Crippen LogP) is 5.10. The Labute approximate surface area is 179 Å². The van der Waals surface area contributed by atoms with E-state index in [0.717, 1.165) is 18.7 Å². The third kappa shape index (κ3) is 12.9. The number of aliphatic hydroxyl groups excluding tert-OH is 1. The first-order valence-electron chi connectivity index (χ1n) is 12.4. The quantitative estimate of drug-likeness (QED) is 0.193. The molecule has 0 bridgehead atoms. The summed E-state index contributed by atoms with van der Waals surface area (Å²) in [6, 6.07) is -0.0222. The van der Waals surface area contributed by atoms with Crippen LogP contribution in [0, 0.1) is 0 Å². The molecule has 0 aliphatic carbocycles. The maximum absolute atomic E-state index is 11.0. The zero-order chi connectivity index (χ0) is 21.2. The number of hydrogen-bond donors (Lipinski definition) is 3. The fourth-order valence-corrected chi connectivity index (χ4v) is 4.37. The van der Waals surface area contributed by atoms with E-state index >= 15 is 0 Å². The molecule has 1 aliphatic heterocycles. The lowest BCUT2D eigenvalue weighted by atomic mass is 10.0. The Balaban J connectivity index is 1.97. The van der Waals surface area contributed by atoms with E-state index < -0.39 is 5.97 Å². The normalized spacial score (nSPS) is 16.4. The van der Waals surface area contributed by atoms with Gasteiger partial charge in [0.2, 0.25) is 5.84 Å². The van der Waals surface area contributed by atoms with E-state index in [1.807, 2.05) is 0 Å². The number of rotatable bonds is 20. The van der Waals surface area contributed by atoms with Crippen molar-refractivity contribution in [2.75, 3.05) is 19.7 Å². The van der Waals surface area contributed by atoms with Crippen molar-refractivity contribution in [2.45, 2.75) is 122 Å². The Hall–Kier alpha value is -1.10. The first kappa shape index (κ1) is 25.9. The monoisotopic (exact) mass is 411 g/mol. The Bertz CT molecular complexity index is 451. The SMILES string of the molecule is CCCCCCCCCCCCCCCCCC1=[N+](CCO)C(CC(=O)O)CN1. The number of carbonyl (C=O) groups is 1. The highest BCUT2D eigenvalue weighted by molar-refractivity contribution is 5.79. The van der Waals surface area contributed by atoms with E-state index in [1.165, 1.54) is 89.9 Å².